The molecular weight excluding hydrogens is 504 g/mol. The van der Waals surface area contributed by atoms with Gasteiger partial charge in [0, 0.05) is 50.5 Å². The summed E-state index contributed by atoms with van der Waals surface area (Å²) in [6, 6.07) is 24.9. The van der Waals surface area contributed by atoms with E-state index in [2.05, 4.69) is 60.4 Å². The third-order valence-electron chi connectivity index (χ3n) is 8.67. The number of aliphatic hydroxyl groups is 1. The number of ether oxygens (including phenoxy) is 4. The molecule has 3 fully saturated rings. The van der Waals surface area contributed by atoms with Crippen LogP contribution in [-0.4, -0.2) is 54.7 Å². The fourth-order valence-corrected chi connectivity index (χ4v) is 6.16. The van der Waals surface area contributed by atoms with Crippen molar-refractivity contribution in [3.8, 4) is 11.1 Å². The molecule has 3 aliphatic heterocycles. The molecule has 7 nitrogen and oxygen atoms in total. The first-order valence-electron chi connectivity index (χ1n) is 14.5. The average molecular weight is 545 g/mol. The van der Waals surface area contributed by atoms with Gasteiger partial charge < -0.3 is 34.7 Å². The number of aliphatic hydroxyl groups excluding tert-OH is 1. The highest BCUT2D eigenvalue weighted by molar-refractivity contribution is 5.64. The van der Waals surface area contributed by atoms with Crippen LogP contribution < -0.4 is 5.73 Å². The van der Waals surface area contributed by atoms with Gasteiger partial charge in [-0.2, -0.15) is 0 Å². The number of hydrogen-bond donors (Lipinski definition) is 2. The van der Waals surface area contributed by atoms with Crippen molar-refractivity contribution in [3.05, 3.63) is 95.1 Å². The van der Waals surface area contributed by atoms with E-state index in [4.69, 9.17) is 24.7 Å². The van der Waals surface area contributed by atoms with E-state index >= 15 is 0 Å². The summed E-state index contributed by atoms with van der Waals surface area (Å²) >= 11 is 0. The van der Waals surface area contributed by atoms with E-state index in [-0.39, 0.29) is 30.5 Å². The Morgan fingerprint density at radius 1 is 0.850 bits per heavy atom. The number of piperidine rings is 1. The number of hydrogen-bond acceptors (Lipinski definition) is 7. The Kier molecular flexibility index (Phi) is 8.32. The normalized spacial score (nSPS) is 26.8. The van der Waals surface area contributed by atoms with Gasteiger partial charge in [0.2, 0.25) is 0 Å². The summed E-state index contributed by atoms with van der Waals surface area (Å²) in [7, 11) is 0. The summed E-state index contributed by atoms with van der Waals surface area (Å²) < 4.78 is 25.2. The summed E-state index contributed by atoms with van der Waals surface area (Å²) in [5.74, 6) is -0.242. The Morgan fingerprint density at radius 2 is 1.55 bits per heavy atom. The van der Waals surface area contributed by atoms with E-state index < -0.39 is 6.29 Å². The fraction of sp³-hybridized carbons (Fsp3) is 0.455. The zero-order chi connectivity index (χ0) is 27.5. The summed E-state index contributed by atoms with van der Waals surface area (Å²) in [6.07, 6.45) is 1.14. The van der Waals surface area contributed by atoms with E-state index in [0.29, 0.717) is 19.8 Å². The zero-order valence-corrected chi connectivity index (χ0v) is 23.2. The molecule has 0 radical (unpaired) electrons. The van der Waals surface area contributed by atoms with Gasteiger partial charge in [-0.3, -0.25) is 0 Å². The van der Waals surface area contributed by atoms with Gasteiger partial charge in [0.1, 0.15) is 0 Å². The van der Waals surface area contributed by atoms with Crippen LogP contribution in [0.1, 0.15) is 54.4 Å². The monoisotopic (exact) mass is 544 g/mol. The van der Waals surface area contributed by atoms with Gasteiger partial charge in [0.15, 0.2) is 12.1 Å². The highest BCUT2D eigenvalue weighted by Crippen LogP contribution is 2.42. The third kappa shape index (κ3) is 5.87. The topological polar surface area (TPSA) is 86.4 Å². The molecule has 0 aliphatic carbocycles. The second-order valence-electron chi connectivity index (χ2n) is 11.3. The second-order valence-corrected chi connectivity index (χ2v) is 11.3. The number of nitrogens with two attached hydrogens (primary N) is 1. The molecule has 0 saturated carbocycles. The molecule has 0 amide bonds. The summed E-state index contributed by atoms with van der Waals surface area (Å²) in [5.41, 5.74) is 12.2. The molecule has 3 aliphatic rings. The van der Waals surface area contributed by atoms with E-state index in [1.807, 2.05) is 24.3 Å². The maximum Gasteiger partial charge on any atom is 0.184 e. The van der Waals surface area contributed by atoms with Gasteiger partial charge in [-0.05, 0) is 33.9 Å². The van der Waals surface area contributed by atoms with Crippen molar-refractivity contribution in [1.82, 2.24) is 4.90 Å². The summed E-state index contributed by atoms with van der Waals surface area (Å²) in [4.78, 5) is 2.47. The van der Waals surface area contributed by atoms with Crippen LogP contribution in [0.3, 0.4) is 0 Å². The fourth-order valence-electron chi connectivity index (χ4n) is 6.16. The highest BCUT2D eigenvalue weighted by Gasteiger charge is 2.43. The van der Waals surface area contributed by atoms with Crippen molar-refractivity contribution in [2.45, 2.75) is 57.2 Å². The SMILES string of the molecule is C[C@@H]1[C@H](CN2CCC3(CC2)OCCO3)O[C@H](c2ccc(-c3cccc(CN)c3)cc2)O[C@@H]1c1ccc(CO)cc1. The molecule has 4 atom stereocenters. The lowest BCUT2D eigenvalue weighted by atomic mass is 9.89. The van der Waals surface area contributed by atoms with Crippen molar-refractivity contribution in [2.75, 3.05) is 32.8 Å². The van der Waals surface area contributed by atoms with Gasteiger partial charge >= 0.3 is 0 Å². The van der Waals surface area contributed by atoms with Crippen molar-refractivity contribution >= 4 is 0 Å². The van der Waals surface area contributed by atoms with Gasteiger partial charge in [-0.15, -0.1) is 0 Å². The first-order chi connectivity index (χ1) is 19.6. The lowest BCUT2D eigenvalue weighted by Gasteiger charge is -2.44. The van der Waals surface area contributed by atoms with Crippen molar-refractivity contribution in [2.24, 2.45) is 11.7 Å². The number of benzene rings is 3. The van der Waals surface area contributed by atoms with E-state index in [9.17, 15) is 5.11 Å². The maximum atomic E-state index is 9.54. The standard InChI is InChI=1S/C33H40N2O5/c1-23-30(21-35-15-13-33(14-16-35)37-17-18-38-33)39-32(40-31(23)27-7-5-24(22-36)6-8-27)28-11-9-26(10-12-28)29-4-2-3-25(19-29)20-34/h2-12,19,23,30-32,36H,13-18,20-22,34H2,1H3/t23-,30+,31+,32+/m1/s1. The molecule has 3 N–H and O–H groups in total. The molecule has 1 spiro atoms. The predicted molar refractivity (Wildman–Crippen MR) is 153 cm³/mol. The molecule has 3 heterocycles. The molecule has 3 aromatic carbocycles. The minimum absolute atomic E-state index is 0.0124. The Morgan fingerprint density at radius 3 is 2.23 bits per heavy atom. The number of likely N-dealkylation sites (tertiary alicyclic amines) is 1. The van der Waals surface area contributed by atoms with Crippen molar-refractivity contribution in [3.63, 3.8) is 0 Å². The smallest absolute Gasteiger partial charge is 0.184 e. The molecule has 0 aromatic heterocycles. The number of nitrogens with zero attached hydrogens (tertiary/aromatic N) is 1. The Labute approximate surface area is 236 Å². The Hall–Kier alpha value is -2.62. The van der Waals surface area contributed by atoms with Gasteiger partial charge in [0.25, 0.3) is 0 Å². The first-order valence-corrected chi connectivity index (χ1v) is 14.5. The largest absolute Gasteiger partial charge is 0.392 e. The number of rotatable bonds is 7. The molecule has 212 valence electrons. The van der Waals surface area contributed by atoms with Gasteiger partial charge in [-0.25, -0.2) is 0 Å². The van der Waals surface area contributed by atoms with E-state index in [0.717, 1.165) is 65.9 Å². The molecule has 6 rings (SSSR count). The van der Waals surface area contributed by atoms with Crippen LogP contribution in [0.25, 0.3) is 11.1 Å². The first kappa shape index (κ1) is 27.5. The quantitative estimate of drug-likeness (QED) is 0.436. The highest BCUT2D eigenvalue weighted by atomic mass is 16.7. The molecule has 40 heavy (non-hydrogen) atoms. The Bertz CT molecular complexity index is 1250. The molecule has 0 bridgehead atoms. The lowest BCUT2D eigenvalue weighted by molar-refractivity contribution is -0.278. The van der Waals surface area contributed by atoms with Crippen LogP contribution in [0.15, 0.2) is 72.8 Å². The maximum absolute atomic E-state index is 9.54. The molecule has 3 saturated heterocycles. The molecule has 7 heteroatoms. The minimum Gasteiger partial charge on any atom is -0.392 e. The third-order valence-corrected chi connectivity index (χ3v) is 8.67. The average Bonchev–Trinajstić information content (AvgIpc) is 3.47. The van der Waals surface area contributed by atoms with Crippen molar-refractivity contribution in [1.29, 1.82) is 0 Å². The van der Waals surface area contributed by atoms with Crippen LogP contribution in [0.5, 0.6) is 0 Å². The summed E-state index contributed by atoms with van der Waals surface area (Å²) in [5, 5.41) is 9.54. The van der Waals surface area contributed by atoms with Crippen LogP contribution >= 0.6 is 0 Å². The van der Waals surface area contributed by atoms with E-state index in [1.165, 1.54) is 0 Å². The molecule has 3 aromatic rings. The van der Waals surface area contributed by atoms with Gasteiger partial charge in [-0.1, -0.05) is 73.7 Å². The zero-order valence-electron chi connectivity index (χ0n) is 23.2. The predicted octanol–water partition coefficient (Wildman–Crippen LogP) is 4.93. The second kappa shape index (κ2) is 12.1. The Balaban J connectivity index is 1.22. The summed E-state index contributed by atoms with van der Waals surface area (Å²) in [6.45, 7) is 6.81. The minimum atomic E-state index is -0.481. The van der Waals surface area contributed by atoms with Gasteiger partial charge in [0.05, 0.1) is 32.0 Å². The van der Waals surface area contributed by atoms with Crippen LogP contribution in [0, 0.1) is 5.92 Å². The van der Waals surface area contributed by atoms with Crippen molar-refractivity contribution < 1.29 is 24.1 Å². The van der Waals surface area contributed by atoms with Crippen LogP contribution in [-0.2, 0) is 32.1 Å². The molecule has 0 unspecified atom stereocenters. The van der Waals surface area contributed by atoms with Crippen LogP contribution in [0.4, 0.5) is 0 Å². The van der Waals surface area contributed by atoms with Crippen LogP contribution in [0.2, 0.25) is 0 Å². The molecular formula is C33H40N2O5. The lowest BCUT2D eigenvalue weighted by Crippen LogP contribution is -2.50. The van der Waals surface area contributed by atoms with E-state index in [1.54, 1.807) is 0 Å².